The molecule has 7 heteroatoms. The zero-order valence-electron chi connectivity index (χ0n) is 12.9. The zero-order chi connectivity index (χ0) is 15.0. The van der Waals surface area contributed by atoms with Crippen molar-refractivity contribution in [3.8, 4) is 0 Å². The van der Waals surface area contributed by atoms with Crippen LogP contribution in [0.25, 0.3) is 0 Å². The topological polar surface area (TPSA) is 64.6 Å². The molecule has 0 radical (unpaired) electrons. The summed E-state index contributed by atoms with van der Waals surface area (Å²) in [5.41, 5.74) is 0. The van der Waals surface area contributed by atoms with Gasteiger partial charge in [0.2, 0.25) is 0 Å². The number of methoxy groups -OCH3 is 1. The Morgan fingerprint density at radius 3 is 1.57 bits per heavy atom. The van der Waals surface area contributed by atoms with E-state index in [-0.39, 0.29) is 6.10 Å². The Morgan fingerprint density at radius 2 is 1.10 bits per heavy atom. The van der Waals surface area contributed by atoms with Crippen LogP contribution in [0.3, 0.4) is 0 Å². The molecule has 0 bridgehead atoms. The highest BCUT2D eigenvalue weighted by Gasteiger charge is 2.09. The Balaban J connectivity index is 2.18. The lowest BCUT2D eigenvalue weighted by molar-refractivity contribution is -0.0791. The number of ether oxygens (including phenoxy) is 7. The molecule has 126 valence electrons. The Morgan fingerprint density at radius 1 is 0.667 bits per heavy atom. The monoisotopic (exact) mass is 308 g/mol. The van der Waals surface area contributed by atoms with Gasteiger partial charge in [-0.3, -0.25) is 0 Å². The van der Waals surface area contributed by atoms with Gasteiger partial charge in [-0.15, -0.1) is 0 Å². The second-order valence-electron chi connectivity index (χ2n) is 4.47. The standard InChI is InChI=1S/C14H28O7/c1-15-12-14-13-20-9-8-18-5-4-16-2-3-17-6-7-19-10-11-21-14/h14H,2-13H2,1H3. The fraction of sp³-hybridized carbons (Fsp3) is 1.00. The molecule has 1 aliphatic heterocycles. The maximum absolute atomic E-state index is 5.65. The Labute approximate surface area is 126 Å². The van der Waals surface area contributed by atoms with Crippen LogP contribution in [0.15, 0.2) is 0 Å². The molecule has 0 N–H and O–H groups in total. The van der Waals surface area contributed by atoms with Crippen molar-refractivity contribution in [3.05, 3.63) is 0 Å². The Hall–Kier alpha value is -0.280. The minimum absolute atomic E-state index is 0.0860. The molecular weight excluding hydrogens is 280 g/mol. The predicted molar refractivity (Wildman–Crippen MR) is 75.7 cm³/mol. The summed E-state index contributed by atoms with van der Waals surface area (Å²) in [4.78, 5) is 0. The Bertz CT molecular complexity index is 197. The Kier molecular flexibility index (Phi) is 13.1. The summed E-state index contributed by atoms with van der Waals surface area (Å²) in [7, 11) is 1.64. The van der Waals surface area contributed by atoms with E-state index in [0.29, 0.717) is 79.3 Å². The van der Waals surface area contributed by atoms with Crippen molar-refractivity contribution in [3.63, 3.8) is 0 Å². The second kappa shape index (κ2) is 14.6. The molecule has 1 saturated heterocycles. The van der Waals surface area contributed by atoms with Crippen LogP contribution in [0, 0.1) is 0 Å². The quantitative estimate of drug-likeness (QED) is 0.717. The molecule has 0 amide bonds. The first-order valence-corrected chi connectivity index (χ1v) is 7.42. The van der Waals surface area contributed by atoms with Gasteiger partial charge in [0, 0.05) is 7.11 Å². The van der Waals surface area contributed by atoms with Crippen LogP contribution in [-0.4, -0.2) is 92.5 Å². The highest BCUT2D eigenvalue weighted by atomic mass is 16.6. The highest BCUT2D eigenvalue weighted by molar-refractivity contribution is 4.55. The van der Waals surface area contributed by atoms with Gasteiger partial charge >= 0.3 is 0 Å². The minimum atomic E-state index is -0.0860. The number of rotatable bonds is 2. The van der Waals surface area contributed by atoms with Gasteiger partial charge in [-0.2, -0.15) is 0 Å². The van der Waals surface area contributed by atoms with Crippen molar-refractivity contribution in [1.82, 2.24) is 0 Å². The molecule has 1 rings (SSSR count). The lowest BCUT2D eigenvalue weighted by Crippen LogP contribution is -2.28. The molecule has 1 aliphatic rings. The molecule has 7 nitrogen and oxygen atoms in total. The maximum atomic E-state index is 5.65. The van der Waals surface area contributed by atoms with E-state index in [9.17, 15) is 0 Å². The van der Waals surface area contributed by atoms with Gasteiger partial charge in [0.05, 0.1) is 79.3 Å². The van der Waals surface area contributed by atoms with E-state index in [4.69, 9.17) is 33.2 Å². The fourth-order valence-electron chi connectivity index (χ4n) is 1.70. The molecule has 1 heterocycles. The van der Waals surface area contributed by atoms with Crippen molar-refractivity contribution < 1.29 is 33.2 Å². The van der Waals surface area contributed by atoms with Crippen LogP contribution >= 0.6 is 0 Å². The second-order valence-corrected chi connectivity index (χ2v) is 4.47. The predicted octanol–water partition coefficient (Wildman–Crippen LogP) is 0.115. The summed E-state index contributed by atoms with van der Waals surface area (Å²) in [5, 5.41) is 0. The van der Waals surface area contributed by atoms with Crippen molar-refractivity contribution in [1.29, 1.82) is 0 Å². The third-order valence-electron chi connectivity index (χ3n) is 2.73. The lowest BCUT2D eigenvalue weighted by Gasteiger charge is -2.17. The largest absolute Gasteiger partial charge is 0.382 e. The highest BCUT2D eigenvalue weighted by Crippen LogP contribution is 1.96. The molecule has 1 unspecified atom stereocenters. The van der Waals surface area contributed by atoms with Crippen LogP contribution in [-0.2, 0) is 33.2 Å². The van der Waals surface area contributed by atoms with Crippen molar-refractivity contribution in [2.75, 3.05) is 86.4 Å². The molecule has 21 heavy (non-hydrogen) atoms. The van der Waals surface area contributed by atoms with Gasteiger partial charge < -0.3 is 33.2 Å². The van der Waals surface area contributed by atoms with Gasteiger partial charge in [-0.05, 0) is 0 Å². The summed E-state index contributed by atoms with van der Waals surface area (Å²) in [6, 6.07) is 0. The van der Waals surface area contributed by atoms with E-state index in [1.807, 2.05) is 0 Å². The van der Waals surface area contributed by atoms with Crippen LogP contribution < -0.4 is 0 Å². The summed E-state index contributed by atoms with van der Waals surface area (Å²) in [6.45, 7) is 6.48. The van der Waals surface area contributed by atoms with E-state index in [1.165, 1.54) is 0 Å². The minimum Gasteiger partial charge on any atom is -0.382 e. The van der Waals surface area contributed by atoms with Crippen molar-refractivity contribution in [2.45, 2.75) is 6.10 Å². The van der Waals surface area contributed by atoms with E-state index in [0.717, 1.165) is 0 Å². The van der Waals surface area contributed by atoms with Gasteiger partial charge in [0.1, 0.15) is 6.10 Å². The summed E-state index contributed by atoms with van der Waals surface area (Å²) < 4.78 is 37.8. The van der Waals surface area contributed by atoms with Gasteiger partial charge in [-0.1, -0.05) is 0 Å². The SMILES string of the molecule is COCC1COCCOCCOCCOCCOCCO1. The zero-order valence-corrected chi connectivity index (χ0v) is 12.9. The van der Waals surface area contributed by atoms with Crippen molar-refractivity contribution >= 4 is 0 Å². The van der Waals surface area contributed by atoms with Gasteiger partial charge in [0.25, 0.3) is 0 Å². The van der Waals surface area contributed by atoms with E-state index in [1.54, 1.807) is 7.11 Å². The molecule has 0 spiro atoms. The van der Waals surface area contributed by atoms with Crippen molar-refractivity contribution in [2.24, 2.45) is 0 Å². The first kappa shape index (κ1) is 18.8. The molecule has 1 atom stereocenters. The number of hydrogen-bond acceptors (Lipinski definition) is 7. The van der Waals surface area contributed by atoms with Crippen LogP contribution in [0.2, 0.25) is 0 Å². The maximum Gasteiger partial charge on any atom is 0.104 e. The van der Waals surface area contributed by atoms with E-state index in [2.05, 4.69) is 0 Å². The average molecular weight is 308 g/mol. The van der Waals surface area contributed by atoms with E-state index < -0.39 is 0 Å². The first-order valence-electron chi connectivity index (χ1n) is 7.42. The molecule has 0 aliphatic carbocycles. The molecule has 1 fully saturated rings. The van der Waals surface area contributed by atoms with E-state index >= 15 is 0 Å². The molecule has 0 aromatic carbocycles. The third-order valence-corrected chi connectivity index (χ3v) is 2.73. The smallest absolute Gasteiger partial charge is 0.104 e. The van der Waals surface area contributed by atoms with Crippen LogP contribution in [0.4, 0.5) is 0 Å². The van der Waals surface area contributed by atoms with Gasteiger partial charge in [0.15, 0.2) is 0 Å². The molecule has 0 saturated carbocycles. The molecule has 0 aromatic rings. The number of hydrogen-bond donors (Lipinski definition) is 0. The van der Waals surface area contributed by atoms with Crippen LogP contribution in [0.1, 0.15) is 0 Å². The summed E-state index contributed by atoms with van der Waals surface area (Å²) in [5.74, 6) is 0. The normalized spacial score (nSPS) is 25.9. The summed E-state index contributed by atoms with van der Waals surface area (Å²) in [6.07, 6.45) is -0.0860. The third kappa shape index (κ3) is 12.0. The average Bonchev–Trinajstić information content (AvgIpc) is 2.49. The lowest BCUT2D eigenvalue weighted by atomic mass is 10.4. The fourth-order valence-corrected chi connectivity index (χ4v) is 1.70. The summed E-state index contributed by atoms with van der Waals surface area (Å²) >= 11 is 0. The first-order chi connectivity index (χ1) is 10.4. The molecular formula is C14H28O7. The molecule has 0 aromatic heterocycles. The van der Waals surface area contributed by atoms with Crippen LogP contribution in [0.5, 0.6) is 0 Å². The van der Waals surface area contributed by atoms with Gasteiger partial charge in [-0.25, -0.2) is 0 Å².